The average molecular weight is 414 g/mol. The van der Waals surface area contributed by atoms with Gasteiger partial charge in [0.25, 0.3) is 5.69 Å². The number of aromatic nitrogens is 1. The van der Waals surface area contributed by atoms with E-state index in [-0.39, 0.29) is 17.1 Å². The zero-order valence-electron chi connectivity index (χ0n) is 12.3. The number of hydrogen-bond acceptors (Lipinski definition) is 3. The SMILES string of the molecule is O=[N+]([O-])c1cc(-c2c(Cl)cccc2Cl)nc(-c2c(Cl)cccc2Cl)c1. The molecule has 0 N–H and O–H groups in total. The van der Waals surface area contributed by atoms with E-state index in [9.17, 15) is 10.1 Å². The highest BCUT2D eigenvalue weighted by Crippen LogP contribution is 2.39. The lowest BCUT2D eigenvalue weighted by Gasteiger charge is -2.11. The Hall–Kier alpha value is -1.85. The fraction of sp³-hybridized carbons (Fsp3) is 0. The van der Waals surface area contributed by atoms with E-state index in [1.807, 2.05) is 0 Å². The molecule has 25 heavy (non-hydrogen) atoms. The summed E-state index contributed by atoms with van der Waals surface area (Å²) in [5.74, 6) is 0. The summed E-state index contributed by atoms with van der Waals surface area (Å²) in [6.07, 6.45) is 0. The van der Waals surface area contributed by atoms with Gasteiger partial charge in [-0.05, 0) is 24.3 Å². The van der Waals surface area contributed by atoms with E-state index in [2.05, 4.69) is 4.98 Å². The van der Waals surface area contributed by atoms with Gasteiger partial charge in [-0.3, -0.25) is 10.1 Å². The fourth-order valence-electron chi connectivity index (χ4n) is 2.36. The monoisotopic (exact) mass is 412 g/mol. The minimum atomic E-state index is -0.524. The molecule has 0 radical (unpaired) electrons. The molecule has 0 aliphatic heterocycles. The third-order valence-corrected chi connectivity index (χ3v) is 4.72. The summed E-state index contributed by atoms with van der Waals surface area (Å²) in [7, 11) is 0. The van der Waals surface area contributed by atoms with Gasteiger partial charge in [-0.1, -0.05) is 58.5 Å². The molecule has 3 rings (SSSR count). The van der Waals surface area contributed by atoms with Crippen LogP contribution in [0.4, 0.5) is 5.69 Å². The summed E-state index contributed by atoms with van der Waals surface area (Å²) in [4.78, 5) is 15.3. The molecule has 3 aromatic rings. The normalized spacial score (nSPS) is 10.7. The van der Waals surface area contributed by atoms with Crippen molar-refractivity contribution in [1.82, 2.24) is 4.98 Å². The van der Waals surface area contributed by atoms with Crippen LogP contribution in [-0.2, 0) is 0 Å². The summed E-state index contributed by atoms with van der Waals surface area (Å²) in [6, 6.07) is 12.5. The zero-order chi connectivity index (χ0) is 18.1. The molecule has 0 aliphatic carbocycles. The first kappa shape index (κ1) is 18.0. The van der Waals surface area contributed by atoms with Gasteiger partial charge in [0.15, 0.2) is 0 Å². The average Bonchev–Trinajstić information content (AvgIpc) is 2.54. The second-order valence-corrected chi connectivity index (χ2v) is 6.68. The first-order valence-electron chi connectivity index (χ1n) is 6.93. The third-order valence-electron chi connectivity index (χ3n) is 3.46. The lowest BCUT2D eigenvalue weighted by atomic mass is 10.1. The molecule has 126 valence electrons. The van der Waals surface area contributed by atoms with Gasteiger partial charge in [-0.25, -0.2) is 4.98 Å². The van der Waals surface area contributed by atoms with Crippen LogP contribution < -0.4 is 0 Å². The number of nitrogens with zero attached hydrogens (tertiary/aromatic N) is 2. The molecule has 1 heterocycles. The van der Waals surface area contributed by atoms with Crippen molar-refractivity contribution in [3.63, 3.8) is 0 Å². The van der Waals surface area contributed by atoms with Gasteiger partial charge in [0.05, 0.1) is 36.4 Å². The maximum absolute atomic E-state index is 11.4. The Morgan fingerprint density at radius 2 is 1.12 bits per heavy atom. The third kappa shape index (κ3) is 3.58. The van der Waals surface area contributed by atoms with Crippen molar-refractivity contribution < 1.29 is 4.92 Å². The van der Waals surface area contributed by atoms with E-state index in [1.165, 1.54) is 12.1 Å². The van der Waals surface area contributed by atoms with Gasteiger partial charge in [-0.15, -0.1) is 0 Å². The van der Waals surface area contributed by atoms with E-state index < -0.39 is 4.92 Å². The smallest absolute Gasteiger partial charge is 0.258 e. The van der Waals surface area contributed by atoms with E-state index >= 15 is 0 Å². The van der Waals surface area contributed by atoms with Crippen molar-refractivity contribution in [2.45, 2.75) is 0 Å². The lowest BCUT2D eigenvalue weighted by molar-refractivity contribution is -0.384. The Bertz CT molecular complexity index is 882. The van der Waals surface area contributed by atoms with Crippen molar-refractivity contribution in [2.75, 3.05) is 0 Å². The minimum Gasteiger partial charge on any atom is -0.258 e. The topological polar surface area (TPSA) is 56.0 Å². The van der Waals surface area contributed by atoms with Crippen molar-refractivity contribution in [2.24, 2.45) is 0 Å². The molecule has 0 atom stereocenters. The number of pyridine rings is 1. The molecule has 4 nitrogen and oxygen atoms in total. The largest absolute Gasteiger partial charge is 0.273 e. The molecular weight excluding hydrogens is 406 g/mol. The van der Waals surface area contributed by atoms with Crippen LogP contribution in [0.1, 0.15) is 0 Å². The Kier molecular flexibility index (Phi) is 5.16. The standard InChI is InChI=1S/C17H8Cl4N2O2/c18-10-3-1-4-11(19)16(10)14-7-9(23(24)25)8-15(22-14)17-12(20)5-2-6-13(17)21/h1-8H. The molecule has 8 heteroatoms. The first-order chi connectivity index (χ1) is 11.9. The number of hydrogen-bond donors (Lipinski definition) is 0. The highest BCUT2D eigenvalue weighted by molar-refractivity contribution is 6.40. The summed E-state index contributed by atoms with van der Waals surface area (Å²) < 4.78 is 0. The van der Waals surface area contributed by atoms with Crippen molar-refractivity contribution >= 4 is 52.1 Å². The van der Waals surface area contributed by atoms with Crippen LogP contribution in [-0.4, -0.2) is 9.91 Å². The first-order valence-corrected chi connectivity index (χ1v) is 8.45. The maximum Gasteiger partial charge on any atom is 0.273 e. The van der Waals surface area contributed by atoms with Crippen LogP contribution in [0, 0.1) is 10.1 Å². The minimum absolute atomic E-state index is 0.174. The molecule has 0 saturated heterocycles. The van der Waals surface area contributed by atoms with Crippen LogP contribution in [0.3, 0.4) is 0 Å². The molecule has 0 spiro atoms. The van der Waals surface area contributed by atoms with Gasteiger partial charge < -0.3 is 0 Å². The fourth-order valence-corrected chi connectivity index (χ4v) is 3.54. The van der Waals surface area contributed by atoms with Gasteiger partial charge in [0.1, 0.15) is 0 Å². The van der Waals surface area contributed by atoms with E-state index in [0.29, 0.717) is 31.2 Å². The van der Waals surface area contributed by atoms with Crippen LogP contribution in [0.25, 0.3) is 22.5 Å². The number of benzene rings is 2. The van der Waals surface area contributed by atoms with Crippen LogP contribution in [0.5, 0.6) is 0 Å². The van der Waals surface area contributed by atoms with E-state index in [1.54, 1.807) is 36.4 Å². The molecule has 0 fully saturated rings. The van der Waals surface area contributed by atoms with Crippen molar-refractivity contribution in [3.8, 4) is 22.5 Å². The van der Waals surface area contributed by atoms with Crippen LogP contribution in [0.15, 0.2) is 48.5 Å². The Morgan fingerprint density at radius 3 is 1.44 bits per heavy atom. The lowest BCUT2D eigenvalue weighted by Crippen LogP contribution is -1.96. The highest BCUT2D eigenvalue weighted by atomic mass is 35.5. The van der Waals surface area contributed by atoms with Crippen LogP contribution >= 0.6 is 46.4 Å². The van der Waals surface area contributed by atoms with Gasteiger partial charge >= 0.3 is 0 Å². The van der Waals surface area contributed by atoms with Gasteiger partial charge in [-0.2, -0.15) is 0 Å². The second kappa shape index (κ2) is 7.18. The Labute approximate surface area is 163 Å². The molecule has 0 bridgehead atoms. The second-order valence-electron chi connectivity index (χ2n) is 5.05. The van der Waals surface area contributed by atoms with Crippen molar-refractivity contribution in [3.05, 3.63) is 78.7 Å². The van der Waals surface area contributed by atoms with E-state index in [0.717, 1.165) is 0 Å². The highest BCUT2D eigenvalue weighted by Gasteiger charge is 2.19. The summed E-state index contributed by atoms with van der Waals surface area (Å²) in [5, 5.41) is 12.7. The van der Waals surface area contributed by atoms with Crippen LogP contribution in [0.2, 0.25) is 20.1 Å². The molecule has 0 saturated carbocycles. The predicted octanol–water partition coefficient (Wildman–Crippen LogP) is 6.94. The molecule has 0 aliphatic rings. The molecular formula is C17H8Cl4N2O2. The predicted molar refractivity (Wildman–Crippen MR) is 102 cm³/mol. The van der Waals surface area contributed by atoms with Gasteiger partial charge in [0.2, 0.25) is 0 Å². The quantitative estimate of drug-likeness (QED) is 0.345. The van der Waals surface area contributed by atoms with E-state index in [4.69, 9.17) is 46.4 Å². The number of rotatable bonds is 3. The Balaban J connectivity index is 2.32. The van der Waals surface area contributed by atoms with Gasteiger partial charge in [0, 0.05) is 23.3 Å². The summed E-state index contributed by atoms with van der Waals surface area (Å²) in [6.45, 7) is 0. The molecule has 1 aromatic heterocycles. The summed E-state index contributed by atoms with van der Waals surface area (Å²) in [5.41, 5.74) is 1.15. The summed E-state index contributed by atoms with van der Waals surface area (Å²) >= 11 is 24.8. The molecule has 2 aromatic carbocycles. The molecule has 0 unspecified atom stereocenters. The Morgan fingerprint density at radius 1 is 0.760 bits per heavy atom. The molecule has 0 amide bonds. The zero-order valence-corrected chi connectivity index (χ0v) is 15.4. The van der Waals surface area contributed by atoms with Crippen molar-refractivity contribution in [1.29, 1.82) is 0 Å². The number of halogens is 4. The number of nitro groups is 1. The maximum atomic E-state index is 11.4.